The normalized spacial score (nSPS) is 12.0. The highest BCUT2D eigenvalue weighted by Gasteiger charge is 2.07. The molecule has 0 radical (unpaired) electrons. The average molecular weight is 286 g/mol. The first-order valence-electron chi connectivity index (χ1n) is 6.66. The molecule has 6 heteroatoms. The fourth-order valence-electron chi connectivity index (χ4n) is 1.75. The van der Waals surface area contributed by atoms with Crippen molar-refractivity contribution in [2.45, 2.75) is 32.3 Å². The Balaban J connectivity index is 2.26. The number of rotatable bonds is 7. The maximum atomic E-state index is 13.3. The molecule has 0 aliphatic heterocycles. The van der Waals surface area contributed by atoms with Gasteiger partial charge in [-0.2, -0.15) is 0 Å². The number of carbonyl (C=O) groups is 1. The van der Waals surface area contributed by atoms with Crippen molar-refractivity contribution < 1.29 is 18.7 Å². The van der Waals surface area contributed by atoms with E-state index in [1.165, 1.54) is 0 Å². The van der Waals surface area contributed by atoms with Crippen molar-refractivity contribution in [3.8, 4) is 0 Å². The second kappa shape index (κ2) is 8.47. The lowest BCUT2D eigenvalue weighted by Crippen LogP contribution is -2.40. The van der Waals surface area contributed by atoms with Gasteiger partial charge in [-0.05, 0) is 36.6 Å². The highest BCUT2D eigenvalue weighted by atomic mass is 19.1. The molecule has 0 heterocycles. The molecule has 1 aromatic carbocycles. The summed E-state index contributed by atoms with van der Waals surface area (Å²) in [6, 6.07) is 2.79. The molecule has 4 nitrogen and oxygen atoms in total. The summed E-state index contributed by atoms with van der Waals surface area (Å²) < 4.78 is 26.2. The summed E-state index contributed by atoms with van der Waals surface area (Å²) in [5.41, 5.74) is 0.219. The minimum Gasteiger partial charge on any atom is -0.391 e. The second-order valence-electron chi connectivity index (χ2n) is 4.57. The van der Waals surface area contributed by atoms with Gasteiger partial charge in [-0.15, -0.1) is 0 Å². The van der Waals surface area contributed by atoms with Crippen LogP contribution in [0.4, 0.5) is 13.6 Å². The molecular weight excluding hydrogens is 266 g/mol. The molecule has 1 rings (SSSR count). The highest BCUT2D eigenvalue weighted by molar-refractivity contribution is 5.73. The Bertz CT molecular complexity index is 441. The quantitative estimate of drug-likeness (QED) is 0.717. The van der Waals surface area contributed by atoms with Gasteiger partial charge in [-0.25, -0.2) is 13.6 Å². The number of benzene rings is 1. The van der Waals surface area contributed by atoms with E-state index >= 15 is 0 Å². The summed E-state index contributed by atoms with van der Waals surface area (Å²) >= 11 is 0. The number of aliphatic hydroxyl groups excluding tert-OH is 1. The van der Waals surface area contributed by atoms with E-state index in [0.29, 0.717) is 6.42 Å². The van der Waals surface area contributed by atoms with Crippen molar-refractivity contribution in [2.75, 3.05) is 13.1 Å². The summed E-state index contributed by atoms with van der Waals surface area (Å²) in [5, 5.41) is 14.5. The average Bonchev–Trinajstić information content (AvgIpc) is 2.41. The molecule has 0 spiro atoms. The molecule has 112 valence electrons. The topological polar surface area (TPSA) is 61.4 Å². The summed E-state index contributed by atoms with van der Waals surface area (Å²) in [6.45, 7) is 2.31. The number of aliphatic hydroxyl groups is 1. The zero-order chi connectivity index (χ0) is 15.0. The van der Waals surface area contributed by atoms with Gasteiger partial charge in [0.25, 0.3) is 0 Å². The maximum Gasteiger partial charge on any atom is 0.314 e. The molecule has 1 atom stereocenters. The smallest absolute Gasteiger partial charge is 0.314 e. The Morgan fingerprint density at radius 3 is 2.80 bits per heavy atom. The largest absolute Gasteiger partial charge is 0.391 e. The number of carbonyl (C=O) groups excluding carboxylic acids is 1. The molecule has 2 amide bonds. The predicted octanol–water partition coefficient (Wildman–Crippen LogP) is 1.97. The minimum atomic E-state index is -0.564. The van der Waals surface area contributed by atoms with E-state index in [0.717, 1.165) is 24.6 Å². The molecule has 0 aliphatic rings. The van der Waals surface area contributed by atoms with Gasteiger partial charge < -0.3 is 15.7 Å². The third-order valence-electron chi connectivity index (χ3n) is 2.81. The minimum absolute atomic E-state index is 0.175. The number of halogens is 2. The van der Waals surface area contributed by atoms with Crippen molar-refractivity contribution in [1.82, 2.24) is 10.6 Å². The molecule has 0 bridgehead atoms. The maximum absolute atomic E-state index is 13.3. The first-order valence-corrected chi connectivity index (χ1v) is 6.66. The first kappa shape index (κ1) is 16.4. The van der Waals surface area contributed by atoms with Crippen LogP contribution < -0.4 is 10.6 Å². The fourth-order valence-corrected chi connectivity index (χ4v) is 1.75. The lowest BCUT2D eigenvalue weighted by atomic mass is 10.1. The number of urea groups is 1. The van der Waals surface area contributed by atoms with Crippen LogP contribution in [0.2, 0.25) is 0 Å². The number of hydrogen-bond acceptors (Lipinski definition) is 2. The van der Waals surface area contributed by atoms with Gasteiger partial charge in [-0.3, -0.25) is 0 Å². The van der Waals surface area contributed by atoms with E-state index in [9.17, 15) is 18.7 Å². The van der Waals surface area contributed by atoms with Gasteiger partial charge >= 0.3 is 6.03 Å². The Labute approximate surface area is 117 Å². The van der Waals surface area contributed by atoms with E-state index < -0.39 is 23.8 Å². The molecule has 0 fully saturated rings. The van der Waals surface area contributed by atoms with E-state index in [1.807, 2.05) is 6.92 Å². The first-order chi connectivity index (χ1) is 9.52. The van der Waals surface area contributed by atoms with Crippen LogP contribution in [-0.4, -0.2) is 30.3 Å². The van der Waals surface area contributed by atoms with Gasteiger partial charge in [0.2, 0.25) is 0 Å². The predicted molar refractivity (Wildman–Crippen MR) is 72.4 cm³/mol. The van der Waals surface area contributed by atoms with Crippen molar-refractivity contribution in [3.63, 3.8) is 0 Å². The standard InChI is InChI=1S/C14H20F2N2O2/c1-2-3-12(19)9-18-14(20)17-7-6-10-8-11(15)4-5-13(10)16/h4-5,8,12,19H,2-3,6-7,9H2,1H3,(H2,17,18,20). The summed E-state index contributed by atoms with van der Waals surface area (Å²) in [7, 11) is 0. The molecule has 3 N–H and O–H groups in total. The highest BCUT2D eigenvalue weighted by Crippen LogP contribution is 2.09. The summed E-state index contributed by atoms with van der Waals surface area (Å²) in [4.78, 5) is 11.4. The van der Waals surface area contributed by atoms with E-state index in [4.69, 9.17) is 0 Å². The van der Waals surface area contributed by atoms with Gasteiger partial charge in [0.15, 0.2) is 0 Å². The third-order valence-corrected chi connectivity index (χ3v) is 2.81. The lowest BCUT2D eigenvalue weighted by Gasteiger charge is -2.11. The molecule has 0 saturated carbocycles. The molecule has 0 aliphatic carbocycles. The summed E-state index contributed by atoms with van der Waals surface area (Å²) in [6.07, 6.45) is 1.10. The Morgan fingerprint density at radius 2 is 2.10 bits per heavy atom. The van der Waals surface area contributed by atoms with Crippen molar-refractivity contribution in [1.29, 1.82) is 0 Å². The van der Waals surface area contributed by atoms with Gasteiger partial charge in [0, 0.05) is 13.1 Å². The zero-order valence-corrected chi connectivity index (χ0v) is 11.5. The van der Waals surface area contributed by atoms with Crippen LogP contribution in [0.5, 0.6) is 0 Å². The molecular formula is C14H20F2N2O2. The monoisotopic (exact) mass is 286 g/mol. The van der Waals surface area contributed by atoms with Crippen LogP contribution in [0.15, 0.2) is 18.2 Å². The second-order valence-corrected chi connectivity index (χ2v) is 4.57. The van der Waals surface area contributed by atoms with Gasteiger partial charge in [0.05, 0.1) is 6.10 Å². The van der Waals surface area contributed by atoms with Gasteiger partial charge in [-0.1, -0.05) is 13.3 Å². The SMILES string of the molecule is CCCC(O)CNC(=O)NCCc1cc(F)ccc1F. The third kappa shape index (κ3) is 5.97. The van der Waals surface area contributed by atoms with Crippen LogP contribution in [0, 0.1) is 11.6 Å². The van der Waals surface area contributed by atoms with E-state index in [1.54, 1.807) is 0 Å². The molecule has 1 unspecified atom stereocenters. The summed E-state index contributed by atoms with van der Waals surface area (Å²) in [5.74, 6) is -1.000. The van der Waals surface area contributed by atoms with Crippen molar-refractivity contribution in [2.24, 2.45) is 0 Å². The van der Waals surface area contributed by atoms with Gasteiger partial charge in [0.1, 0.15) is 11.6 Å². The number of hydrogen-bond donors (Lipinski definition) is 3. The Morgan fingerprint density at radius 1 is 1.35 bits per heavy atom. The van der Waals surface area contributed by atoms with Crippen LogP contribution in [0.1, 0.15) is 25.3 Å². The van der Waals surface area contributed by atoms with E-state index in [-0.39, 0.29) is 25.1 Å². The Hall–Kier alpha value is -1.69. The van der Waals surface area contributed by atoms with Crippen molar-refractivity contribution in [3.05, 3.63) is 35.4 Å². The van der Waals surface area contributed by atoms with E-state index in [2.05, 4.69) is 10.6 Å². The number of nitrogens with one attached hydrogen (secondary N) is 2. The van der Waals surface area contributed by atoms with Crippen LogP contribution >= 0.6 is 0 Å². The lowest BCUT2D eigenvalue weighted by molar-refractivity contribution is 0.160. The fraction of sp³-hybridized carbons (Fsp3) is 0.500. The molecule has 1 aromatic rings. The van der Waals surface area contributed by atoms with Crippen LogP contribution in [0.25, 0.3) is 0 Å². The van der Waals surface area contributed by atoms with Crippen LogP contribution in [0.3, 0.4) is 0 Å². The molecule has 0 aromatic heterocycles. The Kier molecular flexibility index (Phi) is 6.93. The molecule has 20 heavy (non-hydrogen) atoms. The van der Waals surface area contributed by atoms with Crippen molar-refractivity contribution >= 4 is 6.03 Å². The zero-order valence-electron chi connectivity index (χ0n) is 11.5. The molecule has 0 saturated heterocycles. The number of amides is 2. The van der Waals surface area contributed by atoms with Crippen LogP contribution in [-0.2, 0) is 6.42 Å².